The van der Waals surface area contributed by atoms with E-state index in [4.69, 9.17) is 10.5 Å². The van der Waals surface area contributed by atoms with E-state index in [1.165, 1.54) is 6.33 Å². The van der Waals surface area contributed by atoms with Crippen LogP contribution in [0.2, 0.25) is 0 Å². The van der Waals surface area contributed by atoms with Gasteiger partial charge in [0.25, 0.3) is 6.43 Å². The van der Waals surface area contributed by atoms with Crippen LogP contribution in [0.25, 0.3) is 11.1 Å². The summed E-state index contributed by atoms with van der Waals surface area (Å²) >= 11 is 0. The molecular formula is C16H16F2N4O. The number of alkyl halides is 2. The number of hydrogen-bond acceptors (Lipinski definition) is 5. The molecule has 23 heavy (non-hydrogen) atoms. The number of ether oxygens (including phenoxy) is 1. The fraction of sp³-hybridized carbons (Fsp3) is 0.312. The molecule has 1 aromatic heterocycles. The number of nitrogens with two attached hydrogens (primary N) is 1. The van der Waals surface area contributed by atoms with Crippen LogP contribution in [0.5, 0.6) is 0 Å². The molecule has 3 rings (SSSR count). The van der Waals surface area contributed by atoms with Gasteiger partial charge in [0.05, 0.1) is 0 Å². The minimum absolute atomic E-state index is 0.0865. The second kappa shape index (κ2) is 6.00. The number of benzene rings is 1. The third-order valence-corrected chi connectivity index (χ3v) is 3.91. The van der Waals surface area contributed by atoms with E-state index in [0.29, 0.717) is 5.56 Å². The summed E-state index contributed by atoms with van der Waals surface area (Å²) in [4.78, 5) is 12.2. The van der Waals surface area contributed by atoms with Gasteiger partial charge in [0.15, 0.2) is 0 Å². The largest absolute Gasteiger partial charge is 0.386 e. The summed E-state index contributed by atoms with van der Waals surface area (Å²) in [5, 5.41) is 0. The summed E-state index contributed by atoms with van der Waals surface area (Å²) in [6, 6.07) is 7.18. The number of hydrogen-bond donors (Lipinski definition) is 1. The monoisotopic (exact) mass is 318 g/mol. The van der Waals surface area contributed by atoms with Crippen molar-refractivity contribution >= 4 is 5.84 Å². The van der Waals surface area contributed by atoms with Gasteiger partial charge in [0.1, 0.15) is 30.4 Å². The average molecular weight is 318 g/mol. The van der Waals surface area contributed by atoms with E-state index < -0.39 is 18.1 Å². The van der Waals surface area contributed by atoms with Crippen LogP contribution >= 0.6 is 0 Å². The lowest BCUT2D eigenvalue weighted by molar-refractivity contribution is -0.0876. The number of aromatic nitrogens is 2. The summed E-state index contributed by atoms with van der Waals surface area (Å²) in [6.45, 7) is 1.52. The maximum Gasteiger partial charge on any atom is 0.267 e. The first-order chi connectivity index (χ1) is 11.0. The van der Waals surface area contributed by atoms with Crippen LogP contribution in [0.4, 0.5) is 8.78 Å². The molecule has 0 bridgehead atoms. The van der Waals surface area contributed by atoms with E-state index in [1.807, 2.05) is 6.07 Å². The number of rotatable bonds is 3. The van der Waals surface area contributed by atoms with Crippen molar-refractivity contribution in [2.24, 2.45) is 10.7 Å². The molecule has 1 aromatic carbocycles. The van der Waals surface area contributed by atoms with E-state index in [2.05, 4.69) is 15.0 Å². The first-order valence-electron chi connectivity index (χ1n) is 7.10. The smallest absolute Gasteiger partial charge is 0.267 e. The number of amidine groups is 1. The number of halogens is 2. The summed E-state index contributed by atoms with van der Waals surface area (Å²) in [7, 11) is 0. The quantitative estimate of drug-likeness (QED) is 0.943. The zero-order chi connectivity index (χ0) is 16.4. The van der Waals surface area contributed by atoms with Crippen molar-refractivity contribution in [3.63, 3.8) is 0 Å². The van der Waals surface area contributed by atoms with Crippen LogP contribution < -0.4 is 5.73 Å². The Labute approximate surface area is 132 Å². The van der Waals surface area contributed by atoms with Gasteiger partial charge in [0, 0.05) is 18.0 Å². The Bertz CT molecular complexity index is 723. The molecule has 1 aliphatic rings. The summed E-state index contributed by atoms with van der Waals surface area (Å²) in [5.74, 6) is 0.206. The fourth-order valence-corrected chi connectivity index (χ4v) is 2.74. The Morgan fingerprint density at radius 2 is 2.00 bits per heavy atom. The number of aliphatic imine (C=N–C) groups is 1. The highest BCUT2D eigenvalue weighted by Gasteiger charge is 2.45. The highest BCUT2D eigenvalue weighted by molar-refractivity contribution is 5.83. The molecule has 2 atom stereocenters. The Morgan fingerprint density at radius 1 is 1.26 bits per heavy atom. The van der Waals surface area contributed by atoms with Crippen molar-refractivity contribution in [2.75, 3.05) is 6.61 Å². The molecule has 0 saturated carbocycles. The number of nitrogens with zero attached hydrogens (tertiary/aromatic N) is 3. The van der Waals surface area contributed by atoms with Gasteiger partial charge in [-0.2, -0.15) is 0 Å². The van der Waals surface area contributed by atoms with Crippen LogP contribution in [-0.2, 0) is 10.3 Å². The van der Waals surface area contributed by atoms with Crippen molar-refractivity contribution in [1.29, 1.82) is 0 Å². The third kappa shape index (κ3) is 2.92. The van der Waals surface area contributed by atoms with Crippen molar-refractivity contribution in [2.45, 2.75) is 25.0 Å². The van der Waals surface area contributed by atoms with E-state index in [0.717, 1.165) is 11.1 Å². The molecular weight excluding hydrogens is 302 g/mol. The Morgan fingerprint density at radius 3 is 2.70 bits per heavy atom. The van der Waals surface area contributed by atoms with Gasteiger partial charge in [-0.05, 0) is 24.1 Å². The van der Waals surface area contributed by atoms with Gasteiger partial charge in [-0.25, -0.2) is 18.7 Å². The van der Waals surface area contributed by atoms with Gasteiger partial charge in [0.2, 0.25) is 0 Å². The molecule has 1 aliphatic heterocycles. The van der Waals surface area contributed by atoms with Gasteiger partial charge in [-0.1, -0.05) is 18.2 Å². The van der Waals surface area contributed by atoms with Gasteiger partial charge < -0.3 is 10.5 Å². The fourth-order valence-electron chi connectivity index (χ4n) is 2.74. The maximum absolute atomic E-state index is 13.4. The second-order valence-electron chi connectivity index (χ2n) is 5.52. The van der Waals surface area contributed by atoms with E-state index in [9.17, 15) is 8.78 Å². The van der Waals surface area contributed by atoms with E-state index in [-0.39, 0.29) is 12.4 Å². The van der Waals surface area contributed by atoms with Crippen LogP contribution in [0.3, 0.4) is 0 Å². The molecule has 0 amide bonds. The molecule has 2 aromatic rings. The van der Waals surface area contributed by atoms with Crippen LogP contribution in [0.15, 0.2) is 48.0 Å². The molecule has 0 radical (unpaired) electrons. The molecule has 2 heterocycles. The molecule has 0 fully saturated rings. The first-order valence-corrected chi connectivity index (χ1v) is 7.10. The standard InChI is InChI=1S/C16H16F2N4O/c1-16(14(15(17)18)23-8-13(19)22-16)12-4-2-3-10(5-12)11-6-20-9-21-7-11/h2-7,9,14-15H,8H2,1H3,(H2,19,22). The van der Waals surface area contributed by atoms with Crippen molar-refractivity contribution < 1.29 is 13.5 Å². The Kier molecular flexibility index (Phi) is 4.04. The lowest BCUT2D eigenvalue weighted by Gasteiger charge is -2.37. The average Bonchev–Trinajstić information content (AvgIpc) is 2.55. The van der Waals surface area contributed by atoms with Gasteiger partial charge in [-0.15, -0.1) is 0 Å². The topological polar surface area (TPSA) is 73.4 Å². The zero-order valence-corrected chi connectivity index (χ0v) is 12.5. The van der Waals surface area contributed by atoms with Gasteiger partial charge in [-0.3, -0.25) is 4.99 Å². The second-order valence-corrected chi connectivity index (χ2v) is 5.52. The highest BCUT2D eigenvalue weighted by atomic mass is 19.3. The third-order valence-electron chi connectivity index (χ3n) is 3.91. The van der Waals surface area contributed by atoms with Gasteiger partial charge >= 0.3 is 0 Å². The summed E-state index contributed by atoms with van der Waals surface area (Å²) < 4.78 is 32.0. The predicted molar refractivity (Wildman–Crippen MR) is 82.2 cm³/mol. The molecule has 0 spiro atoms. The van der Waals surface area contributed by atoms with Crippen molar-refractivity contribution in [1.82, 2.24) is 9.97 Å². The molecule has 2 unspecified atom stereocenters. The molecule has 2 N–H and O–H groups in total. The van der Waals surface area contributed by atoms with E-state index >= 15 is 0 Å². The minimum Gasteiger partial charge on any atom is -0.386 e. The Hall–Kier alpha value is -2.41. The lowest BCUT2D eigenvalue weighted by Crippen LogP contribution is -2.48. The summed E-state index contributed by atoms with van der Waals surface area (Å²) in [6.07, 6.45) is 0.737. The molecule has 120 valence electrons. The van der Waals surface area contributed by atoms with Crippen LogP contribution in [-0.4, -0.2) is 34.9 Å². The predicted octanol–water partition coefficient (Wildman–Crippen LogP) is 2.38. The molecule has 0 saturated heterocycles. The summed E-state index contributed by atoms with van der Waals surface area (Å²) in [5.41, 5.74) is 6.68. The highest BCUT2D eigenvalue weighted by Crippen LogP contribution is 2.38. The zero-order valence-electron chi connectivity index (χ0n) is 12.5. The molecule has 5 nitrogen and oxygen atoms in total. The van der Waals surface area contributed by atoms with Crippen molar-refractivity contribution in [3.05, 3.63) is 48.5 Å². The minimum atomic E-state index is -2.67. The SMILES string of the molecule is CC1(c2cccc(-c3cncnc3)c2)N=C(N)COC1C(F)F. The molecule has 7 heteroatoms. The molecule has 0 aliphatic carbocycles. The first kappa shape index (κ1) is 15.5. The van der Waals surface area contributed by atoms with E-state index in [1.54, 1.807) is 37.5 Å². The Balaban J connectivity index is 2.07. The van der Waals surface area contributed by atoms with Crippen LogP contribution in [0.1, 0.15) is 12.5 Å². The van der Waals surface area contributed by atoms with Crippen LogP contribution in [0, 0.1) is 0 Å². The maximum atomic E-state index is 13.4. The lowest BCUT2D eigenvalue weighted by atomic mass is 9.84. The van der Waals surface area contributed by atoms with Crippen molar-refractivity contribution in [3.8, 4) is 11.1 Å². The normalized spacial score (nSPS) is 24.5.